The smallest absolute Gasteiger partial charge is 0.226 e. The number of aromatic amines is 2. The molecule has 0 spiro atoms. The molecule has 0 fully saturated rings. The van der Waals surface area contributed by atoms with Crippen LogP contribution in [0.1, 0.15) is 13.8 Å². The Kier molecular flexibility index (Phi) is 4.84. The lowest BCUT2D eigenvalue weighted by atomic mass is 10.1. The number of aromatic nitrogens is 7. The van der Waals surface area contributed by atoms with Crippen molar-refractivity contribution in [1.82, 2.24) is 35.1 Å². The first-order valence-corrected chi connectivity index (χ1v) is 11.0. The SMILES string of the molecule is CC(C)C(=O)Nc1cncc(-c2ccc3[nH]nc(-c4nc5c(-c6ccoc6)cncc5[nH]4)c3n2)c1. The van der Waals surface area contributed by atoms with Gasteiger partial charge in [-0.25, -0.2) is 9.97 Å². The standard InChI is InChI=1S/C25H20N8O2/c1-13(2)25(34)28-16-7-15(8-26-9-16)18-3-4-19-22(29-18)23(33-32-19)24-30-20-11-27-10-17(21(20)31-24)14-5-6-35-12-14/h3-13H,1-2H3,(H,28,34)(H,30,31)(H,32,33). The van der Waals surface area contributed by atoms with E-state index in [9.17, 15) is 4.79 Å². The van der Waals surface area contributed by atoms with Crippen molar-refractivity contribution < 1.29 is 9.21 Å². The van der Waals surface area contributed by atoms with Crippen LogP contribution in [0.15, 0.2) is 66.0 Å². The molecule has 1 amide bonds. The van der Waals surface area contributed by atoms with Crippen molar-refractivity contribution in [3.63, 3.8) is 0 Å². The highest BCUT2D eigenvalue weighted by atomic mass is 16.3. The zero-order valence-electron chi connectivity index (χ0n) is 18.9. The second-order valence-electron chi connectivity index (χ2n) is 8.45. The molecule has 0 aliphatic rings. The number of amides is 1. The van der Waals surface area contributed by atoms with E-state index in [-0.39, 0.29) is 11.8 Å². The van der Waals surface area contributed by atoms with E-state index >= 15 is 0 Å². The van der Waals surface area contributed by atoms with Crippen molar-refractivity contribution in [2.75, 3.05) is 5.32 Å². The Morgan fingerprint density at radius 1 is 0.971 bits per heavy atom. The second kappa shape index (κ2) is 8.17. The Hall–Kier alpha value is -4.86. The minimum Gasteiger partial charge on any atom is -0.472 e. The number of anilines is 1. The molecule has 0 aliphatic carbocycles. The van der Waals surface area contributed by atoms with Crippen molar-refractivity contribution >= 4 is 33.7 Å². The van der Waals surface area contributed by atoms with Crippen LogP contribution < -0.4 is 5.32 Å². The quantitative estimate of drug-likeness (QED) is 0.333. The number of rotatable bonds is 5. The maximum Gasteiger partial charge on any atom is 0.226 e. The zero-order chi connectivity index (χ0) is 23.9. The van der Waals surface area contributed by atoms with Crippen LogP contribution in [0.3, 0.4) is 0 Å². The number of H-pyrrole nitrogens is 2. The lowest BCUT2D eigenvalue weighted by molar-refractivity contribution is -0.118. The van der Waals surface area contributed by atoms with Gasteiger partial charge in [0.15, 0.2) is 11.5 Å². The van der Waals surface area contributed by atoms with Crippen LogP contribution in [0.4, 0.5) is 5.69 Å². The molecule has 0 aromatic carbocycles. The van der Waals surface area contributed by atoms with Gasteiger partial charge in [-0.05, 0) is 24.3 Å². The van der Waals surface area contributed by atoms with Crippen LogP contribution in [0.5, 0.6) is 0 Å². The zero-order valence-corrected chi connectivity index (χ0v) is 18.9. The molecule has 0 saturated heterocycles. The molecule has 0 saturated carbocycles. The summed E-state index contributed by atoms with van der Waals surface area (Å²) in [6.07, 6.45) is 10.1. The first-order valence-electron chi connectivity index (χ1n) is 11.0. The molecular formula is C25H20N8O2. The van der Waals surface area contributed by atoms with Gasteiger partial charge in [0, 0.05) is 35.0 Å². The Balaban J connectivity index is 1.41. The van der Waals surface area contributed by atoms with E-state index in [0.717, 1.165) is 33.2 Å². The summed E-state index contributed by atoms with van der Waals surface area (Å²) in [7, 11) is 0. The van der Waals surface area contributed by atoms with Crippen molar-refractivity contribution in [1.29, 1.82) is 0 Å². The highest BCUT2D eigenvalue weighted by Gasteiger charge is 2.18. The van der Waals surface area contributed by atoms with E-state index in [4.69, 9.17) is 14.4 Å². The van der Waals surface area contributed by atoms with Crippen molar-refractivity contribution in [3.05, 3.63) is 61.6 Å². The minimum absolute atomic E-state index is 0.0707. The molecule has 3 N–H and O–H groups in total. The molecule has 0 bridgehead atoms. The molecular weight excluding hydrogens is 444 g/mol. The Morgan fingerprint density at radius 2 is 1.86 bits per heavy atom. The van der Waals surface area contributed by atoms with Crippen LogP contribution in [-0.4, -0.2) is 41.0 Å². The number of pyridine rings is 3. The topological polar surface area (TPSA) is 138 Å². The molecule has 6 aromatic rings. The summed E-state index contributed by atoms with van der Waals surface area (Å²) in [5.41, 5.74) is 7.42. The number of carbonyl (C=O) groups is 1. The van der Waals surface area contributed by atoms with Crippen LogP contribution in [0.2, 0.25) is 0 Å². The molecule has 35 heavy (non-hydrogen) atoms. The van der Waals surface area contributed by atoms with Gasteiger partial charge in [-0.3, -0.25) is 19.9 Å². The average molecular weight is 464 g/mol. The number of imidazole rings is 1. The molecule has 10 heteroatoms. The van der Waals surface area contributed by atoms with Crippen molar-refractivity contribution in [2.24, 2.45) is 5.92 Å². The third-order valence-corrected chi connectivity index (χ3v) is 5.68. The van der Waals surface area contributed by atoms with E-state index in [1.807, 2.05) is 38.1 Å². The third-order valence-electron chi connectivity index (χ3n) is 5.68. The number of nitrogens with one attached hydrogen (secondary N) is 3. The van der Waals surface area contributed by atoms with E-state index in [1.165, 1.54) is 0 Å². The minimum atomic E-state index is -0.130. The van der Waals surface area contributed by atoms with Gasteiger partial charge < -0.3 is 14.7 Å². The maximum atomic E-state index is 12.1. The van der Waals surface area contributed by atoms with Gasteiger partial charge in [-0.2, -0.15) is 5.10 Å². The Bertz CT molecular complexity index is 1680. The van der Waals surface area contributed by atoms with Gasteiger partial charge in [0.05, 0.1) is 47.3 Å². The number of nitrogens with zero attached hydrogens (tertiary/aromatic N) is 5. The number of fused-ring (bicyclic) bond motifs is 2. The monoisotopic (exact) mass is 464 g/mol. The molecule has 172 valence electrons. The largest absolute Gasteiger partial charge is 0.472 e. The van der Waals surface area contributed by atoms with E-state index in [2.05, 4.69) is 30.5 Å². The normalized spacial score (nSPS) is 11.5. The average Bonchev–Trinajstić information content (AvgIpc) is 3.62. The lowest BCUT2D eigenvalue weighted by Gasteiger charge is -2.08. The van der Waals surface area contributed by atoms with Crippen LogP contribution in [0.25, 0.3) is 56.0 Å². The predicted molar refractivity (Wildman–Crippen MR) is 131 cm³/mol. The highest BCUT2D eigenvalue weighted by Crippen LogP contribution is 2.31. The van der Waals surface area contributed by atoms with Gasteiger partial charge in [-0.1, -0.05) is 13.8 Å². The summed E-state index contributed by atoms with van der Waals surface area (Å²) < 4.78 is 5.23. The van der Waals surface area contributed by atoms with E-state index in [1.54, 1.807) is 37.3 Å². The highest BCUT2D eigenvalue weighted by molar-refractivity contribution is 5.96. The van der Waals surface area contributed by atoms with Gasteiger partial charge in [0.2, 0.25) is 5.91 Å². The summed E-state index contributed by atoms with van der Waals surface area (Å²) >= 11 is 0. The fourth-order valence-electron chi connectivity index (χ4n) is 3.83. The van der Waals surface area contributed by atoms with Gasteiger partial charge in [-0.15, -0.1) is 0 Å². The molecule has 6 rings (SSSR count). The molecule has 0 unspecified atom stereocenters. The van der Waals surface area contributed by atoms with E-state index < -0.39 is 0 Å². The summed E-state index contributed by atoms with van der Waals surface area (Å²) in [5.74, 6) is 0.373. The third kappa shape index (κ3) is 3.70. The molecule has 10 nitrogen and oxygen atoms in total. The van der Waals surface area contributed by atoms with Crippen LogP contribution in [0, 0.1) is 5.92 Å². The maximum absolute atomic E-state index is 12.1. The number of furan rings is 1. The first-order chi connectivity index (χ1) is 17.1. The molecule has 0 aliphatic heterocycles. The van der Waals surface area contributed by atoms with E-state index in [0.29, 0.717) is 28.4 Å². The number of hydrogen-bond acceptors (Lipinski definition) is 7. The predicted octanol–water partition coefficient (Wildman–Crippen LogP) is 4.81. The Morgan fingerprint density at radius 3 is 2.69 bits per heavy atom. The summed E-state index contributed by atoms with van der Waals surface area (Å²) in [6.45, 7) is 3.68. The number of hydrogen-bond donors (Lipinski definition) is 3. The van der Waals surface area contributed by atoms with Gasteiger partial charge in [0.25, 0.3) is 0 Å². The Labute approximate surface area is 198 Å². The molecule has 6 heterocycles. The molecule has 0 atom stereocenters. The van der Waals surface area contributed by atoms with Crippen molar-refractivity contribution in [2.45, 2.75) is 13.8 Å². The number of carbonyl (C=O) groups excluding carboxylic acids is 1. The summed E-state index contributed by atoms with van der Waals surface area (Å²) in [6, 6.07) is 7.52. The lowest BCUT2D eigenvalue weighted by Crippen LogP contribution is -2.17. The van der Waals surface area contributed by atoms with Crippen LogP contribution in [-0.2, 0) is 4.79 Å². The fraction of sp³-hybridized carbons (Fsp3) is 0.120. The van der Waals surface area contributed by atoms with Crippen molar-refractivity contribution in [3.8, 4) is 33.9 Å². The molecule has 0 radical (unpaired) electrons. The van der Waals surface area contributed by atoms with Gasteiger partial charge >= 0.3 is 0 Å². The van der Waals surface area contributed by atoms with Crippen LogP contribution >= 0.6 is 0 Å². The fourth-order valence-corrected chi connectivity index (χ4v) is 3.83. The summed E-state index contributed by atoms with van der Waals surface area (Å²) in [5, 5.41) is 10.4. The first kappa shape index (κ1) is 20.7. The summed E-state index contributed by atoms with van der Waals surface area (Å²) in [4.78, 5) is 33.6. The molecule has 6 aromatic heterocycles. The second-order valence-corrected chi connectivity index (χ2v) is 8.45. The van der Waals surface area contributed by atoms with Gasteiger partial charge in [0.1, 0.15) is 11.0 Å².